The Hall–Kier alpha value is -5.11. The van der Waals surface area contributed by atoms with Crippen molar-refractivity contribution in [2.75, 3.05) is 0 Å². The lowest BCUT2D eigenvalue weighted by atomic mass is 9.99. The van der Waals surface area contributed by atoms with Gasteiger partial charge in [0.1, 0.15) is 5.65 Å². The second kappa shape index (κ2) is 9.21. The predicted octanol–water partition coefficient (Wildman–Crippen LogP) is 8.25. The van der Waals surface area contributed by atoms with Crippen LogP contribution in [0.4, 0.5) is 0 Å². The third-order valence-corrected chi connectivity index (χ3v) is 10.8. The SMILES string of the molecule is c1ccc(P(c2cnc3ccccc3c2)c2cccc3c2ccc2c3c3ccccc3n3c4ccccc4nc23)cc1. The minimum Gasteiger partial charge on any atom is -0.292 e. The summed E-state index contributed by atoms with van der Waals surface area (Å²) in [5.41, 5.74) is 5.35. The molecule has 0 bridgehead atoms. The third kappa shape index (κ3) is 3.44. The largest absolute Gasteiger partial charge is 0.292 e. The number of imidazole rings is 1. The minimum atomic E-state index is -0.852. The zero-order chi connectivity index (χ0) is 27.6. The van der Waals surface area contributed by atoms with Gasteiger partial charge in [0.2, 0.25) is 0 Å². The van der Waals surface area contributed by atoms with Crippen LogP contribution in [0.15, 0.2) is 146 Å². The molecule has 0 radical (unpaired) electrons. The maximum atomic E-state index is 5.14. The van der Waals surface area contributed by atoms with Gasteiger partial charge in [-0.05, 0) is 65.7 Å². The Morgan fingerprint density at radius 1 is 0.500 bits per heavy atom. The van der Waals surface area contributed by atoms with E-state index in [0.29, 0.717) is 0 Å². The fourth-order valence-electron chi connectivity index (χ4n) is 6.53. The molecule has 1 unspecified atom stereocenters. The molecule has 9 rings (SSSR count). The van der Waals surface area contributed by atoms with Gasteiger partial charge in [-0.1, -0.05) is 103 Å². The lowest BCUT2D eigenvalue weighted by Gasteiger charge is -2.22. The van der Waals surface area contributed by atoms with Crippen molar-refractivity contribution < 1.29 is 0 Å². The van der Waals surface area contributed by atoms with E-state index in [-0.39, 0.29) is 0 Å². The van der Waals surface area contributed by atoms with Crippen LogP contribution >= 0.6 is 7.92 Å². The van der Waals surface area contributed by atoms with Crippen LogP contribution in [0, 0.1) is 0 Å². The van der Waals surface area contributed by atoms with Crippen LogP contribution in [0.3, 0.4) is 0 Å². The van der Waals surface area contributed by atoms with Gasteiger partial charge >= 0.3 is 0 Å². The normalized spacial score (nSPS) is 12.7. The number of nitrogens with zero attached hydrogens (tertiary/aromatic N) is 3. The van der Waals surface area contributed by atoms with Crippen molar-refractivity contribution in [3.8, 4) is 0 Å². The lowest BCUT2D eigenvalue weighted by Crippen LogP contribution is -2.21. The number of hydrogen-bond acceptors (Lipinski definition) is 2. The molecule has 0 fully saturated rings. The number of fused-ring (bicyclic) bond motifs is 11. The summed E-state index contributed by atoms with van der Waals surface area (Å²) >= 11 is 0. The van der Waals surface area contributed by atoms with Crippen molar-refractivity contribution >= 4 is 83.9 Å². The molecule has 0 saturated carbocycles. The highest BCUT2D eigenvalue weighted by Gasteiger charge is 2.22. The molecule has 3 heterocycles. The number of benzene rings is 6. The Labute approximate surface area is 243 Å². The maximum Gasteiger partial charge on any atom is 0.146 e. The fourth-order valence-corrected chi connectivity index (χ4v) is 8.97. The molecule has 0 aliphatic rings. The zero-order valence-corrected chi connectivity index (χ0v) is 23.5. The summed E-state index contributed by atoms with van der Waals surface area (Å²) in [6.45, 7) is 0. The van der Waals surface area contributed by atoms with Gasteiger partial charge in [0.05, 0.1) is 22.1 Å². The van der Waals surface area contributed by atoms with Crippen molar-refractivity contribution in [3.05, 3.63) is 146 Å². The number of para-hydroxylation sites is 4. The Morgan fingerprint density at radius 2 is 1.21 bits per heavy atom. The van der Waals surface area contributed by atoms with Crippen molar-refractivity contribution in [1.82, 2.24) is 14.4 Å². The molecule has 1 atom stereocenters. The number of aromatic nitrogens is 3. The molecule has 0 spiro atoms. The average Bonchev–Trinajstić information content (AvgIpc) is 3.45. The van der Waals surface area contributed by atoms with Crippen LogP contribution in [0.2, 0.25) is 0 Å². The van der Waals surface area contributed by atoms with Gasteiger partial charge in [-0.3, -0.25) is 9.38 Å². The van der Waals surface area contributed by atoms with Gasteiger partial charge in [-0.2, -0.15) is 0 Å². The van der Waals surface area contributed by atoms with Crippen LogP contribution in [-0.2, 0) is 0 Å². The first-order valence-electron chi connectivity index (χ1n) is 14.2. The van der Waals surface area contributed by atoms with E-state index < -0.39 is 7.92 Å². The highest BCUT2D eigenvalue weighted by atomic mass is 31.1. The summed E-state index contributed by atoms with van der Waals surface area (Å²) in [5, 5.41) is 11.3. The monoisotopic (exact) mass is 553 g/mol. The molecule has 6 aromatic carbocycles. The van der Waals surface area contributed by atoms with Gasteiger partial charge in [0.15, 0.2) is 0 Å². The summed E-state index contributed by atoms with van der Waals surface area (Å²) in [6, 6.07) is 50.2. The van der Waals surface area contributed by atoms with Crippen LogP contribution < -0.4 is 15.9 Å². The van der Waals surface area contributed by atoms with E-state index in [4.69, 9.17) is 9.97 Å². The van der Waals surface area contributed by atoms with Crippen molar-refractivity contribution in [1.29, 1.82) is 0 Å². The smallest absolute Gasteiger partial charge is 0.146 e. The van der Waals surface area contributed by atoms with Gasteiger partial charge in [0, 0.05) is 33.0 Å². The molecule has 42 heavy (non-hydrogen) atoms. The predicted molar refractivity (Wildman–Crippen MR) is 179 cm³/mol. The summed E-state index contributed by atoms with van der Waals surface area (Å²) < 4.78 is 2.32. The molecule has 9 aromatic rings. The second-order valence-corrected chi connectivity index (χ2v) is 12.9. The molecule has 196 valence electrons. The molecule has 4 heteroatoms. The number of hydrogen-bond donors (Lipinski definition) is 0. The van der Waals surface area contributed by atoms with Crippen molar-refractivity contribution in [2.45, 2.75) is 0 Å². The molecular weight excluding hydrogens is 529 g/mol. The molecule has 0 amide bonds. The van der Waals surface area contributed by atoms with E-state index in [1.807, 2.05) is 0 Å². The molecule has 0 aliphatic heterocycles. The second-order valence-electron chi connectivity index (χ2n) is 10.7. The number of rotatable bonds is 3. The standard InChI is InChI=1S/C38H24N3P/c1-2-12-26(13-3-1)42(27-23-25-11-4-6-16-32(25)39-24-27)36-20-10-15-29-28(36)21-22-31-37(29)30-14-5-8-18-34(30)41-35-19-9-7-17-33(35)40-38(31)41/h1-24H. The Balaban J connectivity index is 1.40. The summed E-state index contributed by atoms with van der Waals surface area (Å²) in [6.07, 6.45) is 2.08. The fraction of sp³-hybridized carbons (Fsp3) is 0. The zero-order valence-electron chi connectivity index (χ0n) is 22.6. The van der Waals surface area contributed by atoms with E-state index in [1.165, 1.54) is 53.7 Å². The van der Waals surface area contributed by atoms with E-state index in [9.17, 15) is 0 Å². The van der Waals surface area contributed by atoms with E-state index in [2.05, 4.69) is 150 Å². The van der Waals surface area contributed by atoms with Gasteiger partial charge in [0.25, 0.3) is 0 Å². The Kier molecular flexibility index (Phi) is 5.17. The summed E-state index contributed by atoms with van der Waals surface area (Å²) in [5.74, 6) is 0. The Bertz CT molecular complexity index is 2480. The maximum absolute atomic E-state index is 5.14. The third-order valence-electron chi connectivity index (χ3n) is 8.34. The highest BCUT2D eigenvalue weighted by molar-refractivity contribution is 7.80. The molecule has 0 aliphatic carbocycles. The first kappa shape index (κ1) is 23.6. The van der Waals surface area contributed by atoms with Crippen LogP contribution in [0.1, 0.15) is 0 Å². The highest BCUT2D eigenvalue weighted by Crippen LogP contribution is 2.40. The molecule has 0 saturated heterocycles. The van der Waals surface area contributed by atoms with E-state index in [0.717, 1.165) is 22.2 Å². The molecular formula is C38H24N3P. The topological polar surface area (TPSA) is 30.2 Å². The summed E-state index contributed by atoms with van der Waals surface area (Å²) in [7, 11) is -0.852. The molecule has 3 nitrogen and oxygen atoms in total. The van der Waals surface area contributed by atoms with Gasteiger partial charge < -0.3 is 0 Å². The van der Waals surface area contributed by atoms with Crippen molar-refractivity contribution in [2.24, 2.45) is 0 Å². The van der Waals surface area contributed by atoms with Crippen LogP contribution in [0.25, 0.3) is 60.0 Å². The lowest BCUT2D eigenvalue weighted by molar-refractivity contribution is 1.32. The summed E-state index contributed by atoms with van der Waals surface area (Å²) in [4.78, 5) is 10.0. The average molecular weight is 554 g/mol. The molecule has 3 aromatic heterocycles. The van der Waals surface area contributed by atoms with E-state index >= 15 is 0 Å². The van der Waals surface area contributed by atoms with Crippen molar-refractivity contribution in [3.63, 3.8) is 0 Å². The molecule has 0 N–H and O–H groups in total. The number of pyridine rings is 2. The van der Waals surface area contributed by atoms with Gasteiger partial charge in [-0.25, -0.2) is 4.98 Å². The van der Waals surface area contributed by atoms with E-state index in [1.54, 1.807) is 0 Å². The first-order chi connectivity index (χ1) is 20.8. The van der Waals surface area contributed by atoms with Gasteiger partial charge in [-0.15, -0.1) is 0 Å². The Morgan fingerprint density at radius 3 is 2.12 bits per heavy atom. The quantitative estimate of drug-likeness (QED) is 0.163. The van der Waals surface area contributed by atoms with Crippen LogP contribution in [-0.4, -0.2) is 14.4 Å². The van der Waals surface area contributed by atoms with Crippen LogP contribution in [0.5, 0.6) is 0 Å². The first-order valence-corrected chi connectivity index (χ1v) is 15.5. The minimum absolute atomic E-state index is 0.852.